The molecule has 0 spiro atoms. The molecule has 0 aliphatic rings. The molecule has 4 aromatic rings. The highest BCUT2D eigenvalue weighted by molar-refractivity contribution is 9.10. The van der Waals surface area contributed by atoms with E-state index in [-0.39, 0.29) is 5.91 Å². The largest absolute Gasteiger partial charge is 0.298 e. The molecule has 0 aliphatic heterocycles. The van der Waals surface area contributed by atoms with Gasteiger partial charge in [-0.25, -0.2) is 4.98 Å². The van der Waals surface area contributed by atoms with Crippen LogP contribution in [0.3, 0.4) is 0 Å². The third-order valence-electron chi connectivity index (χ3n) is 3.76. The van der Waals surface area contributed by atoms with Gasteiger partial charge in [-0.2, -0.15) is 0 Å². The molecule has 1 amide bonds. The second-order valence-electron chi connectivity index (χ2n) is 5.35. The molecular weight excluding hydrogens is 443 g/mol. The Bertz CT molecular complexity index is 1140. The first-order valence-corrected chi connectivity index (χ1v) is 9.63. The number of nitrogens with one attached hydrogen (secondary N) is 1. The summed E-state index contributed by atoms with van der Waals surface area (Å²) in [5.41, 5.74) is 1.18. The van der Waals surface area contributed by atoms with Gasteiger partial charge in [0.25, 0.3) is 5.91 Å². The molecule has 124 valence electrons. The fraction of sp³-hybridized carbons (Fsp3) is 0. The van der Waals surface area contributed by atoms with Crippen LogP contribution >= 0.6 is 50.5 Å². The Morgan fingerprint density at radius 1 is 1.12 bits per heavy atom. The number of carbonyl (C=O) groups is 1. The van der Waals surface area contributed by atoms with Crippen LogP contribution in [0.4, 0.5) is 5.13 Å². The highest BCUT2D eigenvalue weighted by Gasteiger charge is 2.15. The molecular formula is C18H9BrCl2N2OS. The Kier molecular flexibility index (Phi) is 4.41. The van der Waals surface area contributed by atoms with Crippen molar-refractivity contribution < 1.29 is 4.79 Å². The predicted octanol–water partition coefficient (Wildman–Crippen LogP) is 6.77. The molecule has 3 nitrogen and oxygen atoms in total. The molecule has 0 unspecified atom stereocenters. The van der Waals surface area contributed by atoms with Gasteiger partial charge in [0.1, 0.15) is 5.52 Å². The van der Waals surface area contributed by atoms with Gasteiger partial charge in [0.2, 0.25) is 0 Å². The van der Waals surface area contributed by atoms with Crippen LogP contribution in [-0.2, 0) is 0 Å². The summed E-state index contributed by atoms with van der Waals surface area (Å²) in [6, 6.07) is 15.0. The maximum atomic E-state index is 12.7. The number of rotatable bonds is 2. The number of thiazole rings is 1. The van der Waals surface area contributed by atoms with Gasteiger partial charge in [-0.3, -0.25) is 10.1 Å². The Morgan fingerprint density at radius 3 is 2.80 bits per heavy atom. The molecule has 0 aliphatic carbocycles. The van der Waals surface area contributed by atoms with Crippen molar-refractivity contribution in [2.24, 2.45) is 0 Å². The van der Waals surface area contributed by atoms with Crippen molar-refractivity contribution in [3.63, 3.8) is 0 Å². The van der Waals surface area contributed by atoms with E-state index in [1.807, 2.05) is 36.4 Å². The van der Waals surface area contributed by atoms with Gasteiger partial charge in [-0.15, -0.1) is 0 Å². The number of amides is 1. The van der Waals surface area contributed by atoms with Crippen LogP contribution in [0.1, 0.15) is 10.4 Å². The minimum Gasteiger partial charge on any atom is -0.298 e. The fourth-order valence-corrected chi connectivity index (χ4v) is 4.27. The van der Waals surface area contributed by atoms with Crippen molar-refractivity contribution in [2.75, 3.05) is 5.32 Å². The lowest BCUT2D eigenvalue weighted by molar-refractivity contribution is 0.102. The second-order valence-corrected chi connectivity index (χ2v) is 8.08. The topological polar surface area (TPSA) is 42.0 Å². The zero-order valence-corrected chi connectivity index (χ0v) is 16.4. The first kappa shape index (κ1) is 16.8. The molecule has 0 bridgehead atoms. The molecule has 1 N–H and O–H groups in total. The van der Waals surface area contributed by atoms with Gasteiger partial charge in [0.05, 0.1) is 14.7 Å². The smallest absolute Gasteiger partial charge is 0.258 e. The average molecular weight is 452 g/mol. The molecule has 4 rings (SSSR count). The van der Waals surface area contributed by atoms with Crippen molar-refractivity contribution in [3.8, 4) is 0 Å². The van der Waals surface area contributed by atoms with Crippen LogP contribution in [0, 0.1) is 0 Å². The number of halogens is 3. The number of benzene rings is 3. The van der Waals surface area contributed by atoms with E-state index < -0.39 is 0 Å². The fourth-order valence-electron chi connectivity index (χ4n) is 2.61. The summed E-state index contributed by atoms with van der Waals surface area (Å²) in [6.45, 7) is 0. The molecule has 0 atom stereocenters. The van der Waals surface area contributed by atoms with Crippen LogP contribution in [0.5, 0.6) is 0 Å². The zero-order chi connectivity index (χ0) is 17.6. The van der Waals surface area contributed by atoms with E-state index >= 15 is 0 Å². The van der Waals surface area contributed by atoms with Gasteiger partial charge in [0, 0.05) is 10.0 Å². The monoisotopic (exact) mass is 450 g/mol. The van der Waals surface area contributed by atoms with Crippen LogP contribution < -0.4 is 5.32 Å². The summed E-state index contributed by atoms with van der Waals surface area (Å²) in [4.78, 5) is 17.1. The maximum absolute atomic E-state index is 12.7. The van der Waals surface area contributed by atoms with E-state index in [1.54, 1.807) is 12.1 Å². The molecule has 0 radical (unpaired) electrons. The Balaban J connectivity index is 1.72. The van der Waals surface area contributed by atoms with Crippen LogP contribution in [0.15, 0.2) is 53.0 Å². The summed E-state index contributed by atoms with van der Waals surface area (Å²) in [5, 5.41) is 6.04. The summed E-state index contributed by atoms with van der Waals surface area (Å²) in [5.74, 6) is -0.214. The molecule has 1 heterocycles. The van der Waals surface area contributed by atoms with E-state index in [0.29, 0.717) is 26.3 Å². The number of carbonyl (C=O) groups excluding carboxylic acids is 1. The quantitative estimate of drug-likeness (QED) is 0.365. The van der Waals surface area contributed by atoms with E-state index in [0.717, 1.165) is 19.9 Å². The summed E-state index contributed by atoms with van der Waals surface area (Å²) in [6.07, 6.45) is 0. The van der Waals surface area contributed by atoms with Crippen molar-refractivity contribution in [3.05, 3.63) is 68.6 Å². The maximum Gasteiger partial charge on any atom is 0.258 e. The van der Waals surface area contributed by atoms with Gasteiger partial charge < -0.3 is 0 Å². The van der Waals surface area contributed by atoms with E-state index in [1.165, 1.54) is 11.3 Å². The summed E-state index contributed by atoms with van der Waals surface area (Å²) >= 11 is 17.0. The molecule has 3 aromatic carbocycles. The van der Waals surface area contributed by atoms with E-state index in [9.17, 15) is 4.79 Å². The number of anilines is 1. The number of nitrogens with zero attached hydrogens (tertiary/aromatic N) is 1. The normalized spacial score (nSPS) is 11.2. The Morgan fingerprint density at radius 2 is 1.96 bits per heavy atom. The summed E-state index contributed by atoms with van der Waals surface area (Å²) in [7, 11) is 0. The highest BCUT2D eigenvalue weighted by atomic mass is 79.9. The SMILES string of the molecule is O=C(Nc1nc2c(Cl)c(Cl)ccc2s1)c1cccc2cc(Br)ccc12. The number of hydrogen-bond donors (Lipinski definition) is 1. The lowest BCUT2D eigenvalue weighted by Crippen LogP contribution is -2.12. The second kappa shape index (κ2) is 6.57. The predicted molar refractivity (Wildman–Crippen MR) is 109 cm³/mol. The van der Waals surface area contributed by atoms with Gasteiger partial charge in [-0.05, 0) is 41.1 Å². The molecule has 1 aromatic heterocycles. The standard InChI is InChI=1S/C18H9BrCl2N2OS/c19-10-4-5-11-9(8-10)2-1-3-12(11)17(24)23-18-22-16-14(25-18)7-6-13(20)15(16)21/h1-8H,(H,22,23,24). The van der Waals surface area contributed by atoms with Crippen molar-refractivity contribution in [1.29, 1.82) is 0 Å². The van der Waals surface area contributed by atoms with Crippen molar-refractivity contribution in [2.45, 2.75) is 0 Å². The molecule has 0 fully saturated rings. The van der Waals surface area contributed by atoms with Gasteiger partial charge in [0.15, 0.2) is 5.13 Å². The Labute approximate surface area is 165 Å². The first-order chi connectivity index (χ1) is 12.0. The lowest BCUT2D eigenvalue weighted by atomic mass is 10.0. The molecule has 25 heavy (non-hydrogen) atoms. The minimum absolute atomic E-state index is 0.214. The van der Waals surface area contributed by atoms with Crippen LogP contribution in [-0.4, -0.2) is 10.9 Å². The molecule has 0 saturated heterocycles. The number of hydrogen-bond acceptors (Lipinski definition) is 3. The van der Waals surface area contributed by atoms with E-state index in [4.69, 9.17) is 23.2 Å². The van der Waals surface area contributed by atoms with Crippen LogP contribution in [0.25, 0.3) is 21.0 Å². The third-order valence-corrected chi connectivity index (χ3v) is 5.98. The minimum atomic E-state index is -0.214. The molecule has 0 saturated carbocycles. The average Bonchev–Trinajstić information content (AvgIpc) is 3.00. The van der Waals surface area contributed by atoms with E-state index in [2.05, 4.69) is 26.2 Å². The number of aromatic nitrogens is 1. The van der Waals surface area contributed by atoms with Crippen LogP contribution in [0.2, 0.25) is 10.0 Å². The van der Waals surface area contributed by atoms with Gasteiger partial charge >= 0.3 is 0 Å². The lowest BCUT2D eigenvalue weighted by Gasteiger charge is -2.06. The van der Waals surface area contributed by atoms with Crippen molar-refractivity contribution >= 4 is 82.5 Å². The first-order valence-electron chi connectivity index (χ1n) is 7.27. The van der Waals surface area contributed by atoms with Gasteiger partial charge in [-0.1, -0.05) is 68.7 Å². The zero-order valence-electron chi connectivity index (χ0n) is 12.5. The molecule has 7 heteroatoms. The summed E-state index contributed by atoms with van der Waals surface area (Å²) < 4.78 is 1.84. The Hall–Kier alpha value is -1.66. The van der Waals surface area contributed by atoms with Crippen molar-refractivity contribution in [1.82, 2.24) is 4.98 Å². The highest BCUT2D eigenvalue weighted by Crippen LogP contribution is 2.35. The third kappa shape index (κ3) is 3.13. The number of fused-ring (bicyclic) bond motifs is 2.